The van der Waals surface area contributed by atoms with Crippen molar-refractivity contribution in [2.45, 2.75) is 64.1 Å². The number of aliphatic hydroxyl groups is 3. The number of carbonyl (C=O) groups is 2. The molecule has 144 valence electrons. The number of allylic oxidation sites excluding steroid dienone is 1. The molecule has 0 radical (unpaired) electrons. The Morgan fingerprint density at radius 1 is 1.31 bits per heavy atom. The summed E-state index contributed by atoms with van der Waals surface area (Å²) in [5, 5.41) is 30.6. The predicted octanol–water partition coefficient (Wildman–Crippen LogP) is 1.64. The Morgan fingerprint density at radius 3 is 2.77 bits per heavy atom. The zero-order valence-corrected chi connectivity index (χ0v) is 15.4. The Bertz CT molecular complexity index is 642. The quantitative estimate of drug-likeness (QED) is 0.524. The molecule has 0 aliphatic heterocycles. The zero-order valence-electron chi connectivity index (χ0n) is 15.4. The molecule has 5 heteroatoms. The standard InChI is InChI=1S/C21H30O5/c1-20-7-6-13(24)8-12(20)2-3-14-15-4-5-16(18(26)10-22)21(15,11-23)9-17(25)19(14)20/h2,11,13-17,19,22,24-25H,3-10H2,1H3/t13-,14-,15-,16+,17-,19+,20-,21+/m0/s1. The normalized spacial score (nSPS) is 50.2. The van der Waals surface area contributed by atoms with Crippen molar-refractivity contribution in [2.75, 3.05) is 6.61 Å². The molecule has 0 saturated heterocycles. The van der Waals surface area contributed by atoms with E-state index >= 15 is 0 Å². The number of hydrogen-bond acceptors (Lipinski definition) is 5. The van der Waals surface area contributed by atoms with Crippen molar-refractivity contribution >= 4 is 12.1 Å². The van der Waals surface area contributed by atoms with Gasteiger partial charge in [-0.05, 0) is 68.1 Å². The molecule has 8 atom stereocenters. The average molecular weight is 362 g/mol. The van der Waals surface area contributed by atoms with Gasteiger partial charge < -0.3 is 20.1 Å². The van der Waals surface area contributed by atoms with Crippen LogP contribution in [0.15, 0.2) is 11.6 Å². The van der Waals surface area contributed by atoms with Gasteiger partial charge in [0.25, 0.3) is 0 Å². The smallest absolute Gasteiger partial charge is 0.162 e. The van der Waals surface area contributed by atoms with Gasteiger partial charge in [0.05, 0.1) is 12.2 Å². The van der Waals surface area contributed by atoms with Gasteiger partial charge in [-0.2, -0.15) is 0 Å². The second-order valence-corrected chi connectivity index (χ2v) is 9.33. The molecule has 0 aromatic rings. The van der Waals surface area contributed by atoms with E-state index in [0.717, 1.165) is 32.0 Å². The van der Waals surface area contributed by atoms with Crippen LogP contribution in [0.25, 0.3) is 0 Å². The number of aldehydes is 1. The van der Waals surface area contributed by atoms with Crippen LogP contribution >= 0.6 is 0 Å². The first-order valence-corrected chi connectivity index (χ1v) is 10.0. The second kappa shape index (κ2) is 6.25. The van der Waals surface area contributed by atoms with Crippen molar-refractivity contribution in [2.24, 2.45) is 34.5 Å². The van der Waals surface area contributed by atoms with Crippen LogP contribution in [0, 0.1) is 34.5 Å². The van der Waals surface area contributed by atoms with E-state index in [4.69, 9.17) is 0 Å². The number of rotatable bonds is 3. The van der Waals surface area contributed by atoms with Gasteiger partial charge in [0, 0.05) is 11.3 Å². The average Bonchev–Trinajstić information content (AvgIpc) is 3.00. The Hall–Kier alpha value is -1.04. The maximum absolute atomic E-state index is 12.3. The molecule has 3 N–H and O–H groups in total. The summed E-state index contributed by atoms with van der Waals surface area (Å²) in [6.45, 7) is 1.68. The molecule has 0 aromatic carbocycles. The molecule has 0 bridgehead atoms. The zero-order chi connectivity index (χ0) is 18.7. The minimum Gasteiger partial charge on any atom is -0.393 e. The Balaban J connectivity index is 1.73. The van der Waals surface area contributed by atoms with E-state index in [2.05, 4.69) is 13.0 Å². The minimum atomic E-state index is -0.823. The first-order chi connectivity index (χ1) is 12.4. The van der Waals surface area contributed by atoms with Crippen LogP contribution < -0.4 is 0 Å². The molecule has 26 heavy (non-hydrogen) atoms. The van der Waals surface area contributed by atoms with Gasteiger partial charge in [0.2, 0.25) is 0 Å². The van der Waals surface area contributed by atoms with Crippen LogP contribution in [0.5, 0.6) is 0 Å². The lowest BCUT2D eigenvalue weighted by atomic mass is 9.46. The molecule has 0 heterocycles. The van der Waals surface area contributed by atoms with Crippen molar-refractivity contribution < 1.29 is 24.9 Å². The molecule has 4 aliphatic rings. The summed E-state index contributed by atoms with van der Waals surface area (Å²) >= 11 is 0. The van der Waals surface area contributed by atoms with Crippen molar-refractivity contribution in [1.29, 1.82) is 0 Å². The van der Waals surface area contributed by atoms with Crippen molar-refractivity contribution in [1.82, 2.24) is 0 Å². The largest absolute Gasteiger partial charge is 0.393 e. The number of hydrogen-bond donors (Lipinski definition) is 3. The fourth-order valence-corrected chi connectivity index (χ4v) is 7.26. The highest BCUT2D eigenvalue weighted by Gasteiger charge is 2.64. The first-order valence-electron chi connectivity index (χ1n) is 10.0. The Morgan fingerprint density at radius 2 is 2.08 bits per heavy atom. The van der Waals surface area contributed by atoms with Gasteiger partial charge in [-0.1, -0.05) is 18.6 Å². The molecule has 5 nitrogen and oxygen atoms in total. The Kier molecular flexibility index (Phi) is 4.41. The summed E-state index contributed by atoms with van der Waals surface area (Å²) in [4.78, 5) is 24.5. The predicted molar refractivity (Wildman–Crippen MR) is 95.1 cm³/mol. The molecule has 4 aliphatic carbocycles. The van der Waals surface area contributed by atoms with Crippen LogP contribution in [0.3, 0.4) is 0 Å². The fraction of sp³-hybridized carbons (Fsp3) is 0.810. The third-order valence-electron chi connectivity index (χ3n) is 8.38. The Labute approximate surface area is 154 Å². The molecule has 0 aromatic heterocycles. The van der Waals surface area contributed by atoms with Crippen LogP contribution in [0.1, 0.15) is 51.9 Å². The lowest BCUT2D eigenvalue weighted by Crippen LogP contribution is -2.58. The van der Waals surface area contributed by atoms with E-state index in [1.165, 1.54) is 5.57 Å². The minimum absolute atomic E-state index is 0.0797. The first kappa shape index (κ1) is 18.3. The summed E-state index contributed by atoms with van der Waals surface area (Å²) in [5.41, 5.74) is 0.308. The number of Topliss-reactive ketones (excluding diaryl/α,β-unsaturated/α-hetero) is 1. The lowest BCUT2D eigenvalue weighted by Gasteiger charge is -2.59. The highest BCUT2D eigenvalue weighted by Crippen LogP contribution is 2.65. The van der Waals surface area contributed by atoms with Gasteiger partial charge >= 0.3 is 0 Å². The summed E-state index contributed by atoms with van der Waals surface area (Å²) in [7, 11) is 0. The van der Waals surface area contributed by atoms with Gasteiger partial charge in [-0.3, -0.25) is 4.79 Å². The summed E-state index contributed by atoms with van der Waals surface area (Å²) in [6.07, 6.45) is 7.10. The van der Waals surface area contributed by atoms with Gasteiger partial charge in [-0.25, -0.2) is 0 Å². The van der Waals surface area contributed by atoms with E-state index < -0.39 is 24.0 Å². The molecule has 0 spiro atoms. The van der Waals surface area contributed by atoms with Crippen molar-refractivity contribution in [3.05, 3.63) is 11.6 Å². The lowest BCUT2D eigenvalue weighted by molar-refractivity contribution is -0.155. The second-order valence-electron chi connectivity index (χ2n) is 9.33. The molecular formula is C21H30O5. The maximum Gasteiger partial charge on any atom is 0.162 e. The van der Waals surface area contributed by atoms with E-state index in [1.807, 2.05) is 0 Å². The van der Waals surface area contributed by atoms with E-state index in [-0.39, 0.29) is 35.1 Å². The summed E-state index contributed by atoms with van der Waals surface area (Å²) < 4.78 is 0. The SMILES string of the molecule is C[C@]12CC[C@H](O)CC1=CC[C@@H]1[C@@H]2[C@@H](O)C[C@]2(C=O)[C@@H](C(=O)CO)CC[C@@H]12. The third-order valence-corrected chi connectivity index (χ3v) is 8.38. The molecule has 3 saturated carbocycles. The van der Waals surface area contributed by atoms with E-state index in [0.29, 0.717) is 19.3 Å². The topological polar surface area (TPSA) is 94.8 Å². The molecule has 0 amide bonds. The summed E-state index contributed by atoms with van der Waals surface area (Å²) in [5.74, 6) is -0.364. The van der Waals surface area contributed by atoms with Crippen molar-refractivity contribution in [3.8, 4) is 0 Å². The van der Waals surface area contributed by atoms with Crippen LogP contribution in [0.4, 0.5) is 0 Å². The number of fused-ring (bicyclic) bond motifs is 5. The monoisotopic (exact) mass is 362 g/mol. The van der Waals surface area contributed by atoms with Crippen molar-refractivity contribution in [3.63, 3.8) is 0 Å². The highest BCUT2D eigenvalue weighted by atomic mass is 16.3. The van der Waals surface area contributed by atoms with E-state index in [1.54, 1.807) is 0 Å². The maximum atomic E-state index is 12.3. The third kappa shape index (κ3) is 2.33. The molecule has 4 rings (SSSR count). The van der Waals surface area contributed by atoms with Gasteiger partial charge in [0.1, 0.15) is 12.9 Å². The van der Waals surface area contributed by atoms with E-state index in [9.17, 15) is 24.9 Å². The number of aliphatic hydroxyl groups excluding tert-OH is 3. The summed E-state index contributed by atoms with van der Waals surface area (Å²) in [6, 6.07) is 0. The van der Waals surface area contributed by atoms with Crippen LogP contribution in [-0.4, -0.2) is 46.2 Å². The molecule has 0 unspecified atom stereocenters. The highest BCUT2D eigenvalue weighted by molar-refractivity contribution is 5.87. The molecule has 3 fully saturated rings. The van der Waals surface area contributed by atoms with Gasteiger partial charge in [-0.15, -0.1) is 0 Å². The van der Waals surface area contributed by atoms with Crippen LogP contribution in [-0.2, 0) is 9.59 Å². The number of carbonyl (C=O) groups excluding carboxylic acids is 2. The fourth-order valence-electron chi connectivity index (χ4n) is 7.26. The molecular weight excluding hydrogens is 332 g/mol. The number of ketones is 1. The van der Waals surface area contributed by atoms with Gasteiger partial charge in [0.15, 0.2) is 5.78 Å². The van der Waals surface area contributed by atoms with Crippen LogP contribution in [0.2, 0.25) is 0 Å².